The van der Waals surface area contributed by atoms with E-state index in [0.29, 0.717) is 5.41 Å². The molecule has 0 aromatic carbocycles. The number of ether oxygens (including phenoxy) is 1. The van der Waals surface area contributed by atoms with Crippen LogP contribution in [0.5, 0.6) is 0 Å². The summed E-state index contributed by atoms with van der Waals surface area (Å²) in [6.07, 6.45) is 6.46. The molecule has 106 valence electrons. The summed E-state index contributed by atoms with van der Waals surface area (Å²) < 4.78 is 5.58. The van der Waals surface area contributed by atoms with Crippen LogP contribution in [0.2, 0.25) is 0 Å². The van der Waals surface area contributed by atoms with Crippen LogP contribution in [0.25, 0.3) is 0 Å². The molecule has 0 aromatic rings. The van der Waals surface area contributed by atoms with Crippen LogP contribution < -0.4 is 5.32 Å². The van der Waals surface area contributed by atoms with Crippen molar-refractivity contribution in [3.63, 3.8) is 0 Å². The van der Waals surface area contributed by atoms with Crippen LogP contribution in [0.3, 0.4) is 0 Å². The van der Waals surface area contributed by atoms with Crippen molar-refractivity contribution < 1.29 is 4.74 Å². The highest BCUT2D eigenvalue weighted by atomic mass is 16.5. The Morgan fingerprint density at radius 3 is 2.72 bits per heavy atom. The Labute approximate surface area is 112 Å². The predicted octanol–water partition coefficient (Wildman–Crippen LogP) is 2.27. The van der Waals surface area contributed by atoms with Crippen molar-refractivity contribution in [2.45, 2.75) is 52.0 Å². The van der Waals surface area contributed by atoms with Gasteiger partial charge in [-0.05, 0) is 57.5 Å². The van der Waals surface area contributed by atoms with Crippen molar-refractivity contribution in [2.24, 2.45) is 5.41 Å². The molecule has 1 unspecified atom stereocenters. The van der Waals surface area contributed by atoms with Crippen molar-refractivity contribution in [3.05, 3.63) is 0 Å². The summed E-state index contributed by atoms with van der Waals surface area (Å²) in [5, 5.41) is 3.65. The SMILES string of the molecule is CCCNCC1(CN2CCCC2C)CCOCC1. The van der Waals surface area contributed by atoms with Gasteiger partial charge in [-0.25, -0.2) is 0 Å². The quantitative estimate of drug-likeness (QED) is 0.736. The number of nitrogens with one attached hydrogen (secondary N) is 1. The van der Waals surface area contributed by atoms with Gasteiger partial charge >= 0.3 is 0 Å². The molecule has 1 atom stereocenters. The van der Waals surface area contributed by atoms with E-state index >= 15 is 0 Å². The van der Waals surface area contributed by atoms with Gasteiger partial charge in [-0.1, -0.05) is 6.92 Å². The fourth-order valence-corrected chi connectivity index (χ4v) is 3.38. The molecule has 0 aromatic heterocycles. The van der Waals surface area contributed by atoms with Crippen LogP contribution in [0.1, 0.15) is 46.0 Å². The van der Waals surface area contributed by atoms with Gasteiger partial charge in [-0.3, -0.25) is 0 Å². The van der Waals surface area contributed by atoms with E-state index in [4.69, 9.17) is 4.74 Å². The van der Waals surface area contributed by atoms with Crippen LogP contribution in [0.4, 0.5) is 0 Å². The summed E-state index contributed by atoms with van der Waals surface area (Å²) in [6, 6.07) is 0.788. The van der Waals surface area contributed by atoms with Gasteiger partial charge in [0, 0.05) is 32.3 Å². The van der Waals surface area contributed by atoms with E-state index in [1.54, 1.807) is 0 Å². The molecule has 2 saturated heterocycles. The minimum atomic E-state index is 0.464. The topological polar surface area (TPSA) is 24.5 Å². The van der Waals surface area contributed by atoms with Crippen molar-refractivity contribution in [3.8, 4) is 0 Å². The number of hydrogen-bond donors (Lipinski definition) is 1. The normalized spacial score (nSPS) is 28.7. The lowest BCUT2D eigenvalue weighted by Gasteiger charge is -2.41. The third kappa shape index (κ3) is 3.69. The lowest BCUT2D eigenvalue weighted by molar-refractivity contribution is -0.00539. The molecule has 0 aliphatic carbocycles. The zero-order chi connectivity index (χ0) is 12.8. The van der Waals surface area contributed by atoms with Gasteiger partial charge in [0.25, 0.3) is 0 Å². The third-order valence-corrected chi connectivity index (χ3v) is 4.71. The van der Waals surface area contributed by atoms with Crippen LogP contribution in [0, 0.1) is 5.41 Å². The van der Waals surface area contributed by atoms with E-state index in [1.165, 1.54) is 51.7 Å². The molecule has 2 heterocycles. The molecule has 1 N–H and O–H groups in total. The molecule has 3 heteroatoms. The molecule has 2 aliphatic heterocycles. The van der Waals surface area contributed by atoms with E-state index < -0.39 is 0 Å². The van der Waals surface area contributed by atoms with Crippen LogP contribution in [-0.2, 0) is 4.74 Å². The summed E-state index contributed by atoms with van der Waals surface area (Å²) in [4.78, 5) is 2.71. The van der Waals surface area contributed by atoms with Gasteiger partial charge in [0.15, 0.2) is 0 Å². The molecule has 0 amide bonds. The van der Waals surface area contributed by atoms with Gasteiger partial charge in [0.2, 0.25) is 0 Å². The Bertz CT molecular complexity index is 239. The fraction of sp³-hybridized carbons (Fsp3) is 1.00. The Morgan fingerprint density at radius 1 is 1.33 bits per heavy atom. The molecule has 0 spiro atoms. The second-order valence-electron chi connectivity index (χ2n) is 6.25. The molecule has 18 heavy (non-hydrogen) atoms. The first kappa shape index (κ1) is 14.3. The third-order valence-electron chi connectivity index (χ3n) is 4.71. The summed E-state index contributed by atoms with van der Waals surface area (Å²) in [5.74, 6) is 0. The highest BCUT2D eigenvalue weighted by Crippen LogP contribution is 2.33. The lowest BCUT2D eigenvalue weighted by Crippen LogP contribution is -2.48. The molecule has 2 rings (SSSR count). The summed E-state index contributed by atoms with van der Waals surface area (Å²) >= 11 is 0. The minimum Gasteiger partial charge on any atom is -0.381 e. The molecule has 0 saturated carbocycles. The first-order valence-electron chi connectivity index (χ1n) is 7.78. The van der Waals surface area contributed by atoms with Gasteiger partial charge in [0.1, 0.15) is 0 Å². The van der Waals surface area contributed by atoms with E-state index in [-0.39, 0.29) is 0 Å². The molecule has 3 nitrogen and oxygen atoms in total. The largest absolute Gasteiger partial charge is 0.381 e. The van der Waals surface area contributed by atoms with Crippen molar-refractivity contribution in [2.75, 3.05) is 39.4 Å². The second kappa shape index (κ2) is 6.88. The van der Waals surface area contributed by atoms with Crippen LogP contribution >= 0.6 is 0 Å². The molecular weight excluding hydrogens is 224 g/mol. The zero-order valence-corrected chi connectivity index (χ0v) is 12.2. The molecular formula is C15H30N2O. The molecule has 0 bridgehead atoms. The maximum absolute atomic E-state index is 5.58. The van der Waals surface area contributed by atoms with Crippen molar-refractivity contribution >= 4 is 0 Å². The van der Waals surface area contributed by atoms with Gasteiger partial charge in [-0.2, -0.15) is 0 Å². The van der Waals surface area contributed by atoms with E-state index in [2.05, 4.69) is 24.1 Å². The molecule has 0 radical (unpaired) electrons. The van der Waals surface area contributed by atoms with Crippen molar-refractivity contribution in [1.29, 1.82) is 0 Å². The maximum atomic E-state index is 5.58. The van der Waals surface area contributed by atoms with E-state index in [9.17, 15) is 0 Å². The Morgan fingerprint density at radius 2 is 2.11 bits per heavy atom. The highest BCUT2D eigenvalue weighted by molar-refractivity contribution is 4.90. The average molecular weight is 254 g/mol. The highest BCUT2D eigenvalue weighted by Gasteiger charge is 2.36. The number of likely N-dealkylation sites (tertiary alicyclic amines) is 1. The number of nitrogens with zero attached hydrogens (tertiary/aromatic N) is 1. The van der Waals surface area contributed by atoms with Gasteiger partial charge < -0.3 is 15.0 Å². The fourth-order valence-electron chi connectivity index (χ4n) is 3.38. The maximum Gasteiger partial charge on any atom is 0.0472 e. The summed E-state index contributed by atoms with van der Waals surface area (Å²) in [5.41, 5.74) is 0.464. The Hall–Kier alpha value is -0.120. The van der Waals surface area contributed by atoms with Gasteiger partial charge in [0.05, 0.1) is 0 Å². The number of rotatable bonds is 6. The monoisotopic (exact) mass is 254 g/mol. The molecule has 2 fully saturated rings. The van der Waals surface area contributed by atoms with Crippen LogP contribution in [-0.4, -0.2) is 50.3 Å². The first-order chi connectivity index (χ1) is 8.76. The smallest absolute Gasteiger partial charge is 0.0472 e. The second-order valence-corrected chi connectivity index (χ2v) is 6.25. The van der Waals surface area contributed by atoms with Crippen LogP contribution in [0.15, 0.2) is 0 Å². The number of hydrogen-bond acceptors (Lipinski definition) is 3. The van der Waals surface area contributed by atoms with Crippen molar-refractivity contribution in [1.82, 2.24) is 10.2 Å². The minimum absolute atomic E-state index is 0.464. The predicted molar refractivity (Wildman–Crippen MR) is 75.9 cm³/mol. The van der Waals surface area contributed by atoms with Gasteiger partial charge in [-0.15, -0.1) is 0 Å². The standard InChI is InChI=1S/C15H30N2O/c1-3-8-16-12-15(6-10-18-11-7-15)13-17-9-4-5-14(17)2/h14,16H,3-13H2,1-2H3. The summed E-state index contributed by atoms with van der Waals surface area (Å²) in [6.45, 7) is 11.4. The van der Waals surface area contributed by atoms with E-state index in [1.807, 2.05) is 0 Å². The Balaban J connectivity index is 1.90. The zero-order valence-electron chi connectivity index (χ0n) is 12.2. The summed E-state index contributed by atoms with van der Waals surface area (Å²) in [7, 11) is 0. The Kier molecular flexibility index (Phi) is 5.46. The van der Waals surface area contributed by atoms with E-state index in [0.717, 1.165) is 25.8 Å². The molecule has 2 aliphatic rings. The first-order valence-corrected chi connectivity index (χ1v) is 7.78. The lowest BCUT2D eigenvalue weighted by atomic mass is 9.79. The average Bonchev–Trinajstić information content (AvgIpc) is 2.76.